The predicted molar refractivity (Wildman–Crippen MR) is 82.2 cm³/mol. The molecule has 1 aromatic carbocycles. The van der Waals surface area contributed by atoms with E-state index in [9.17, 15) is 19.1 Å². The van der Waals surface area contributed by atoms with E-state index in [1.807, 2.05) is 0 Å². The molecule has 1 aromatic rings. The molecule has 7 heteroatoms. The van der Waals surface area contributed by atoms with Crippen LogP contribution in [0.15, 0.2) is 24.3 Å². The highest BCUT2D eigenvalue weighted by molar-refractivity contribution is 5.73. The predicted octanol–water partition coefficient (Wildman–Crippen LogP) is 1.86. The minimum Gasteiger partial charge on any atom is -0.491 e. The molecule has 0 bridgehead atoms. The number of hydrogen-bond acceptors (Lipinski definition) is 4. The molecule has 2 atom stereocenters. The number of carboxylic acid groups (broad SMARTS) is 2. The van der Waals surface area contributed by atoms with Crippen LogP contribution in [0, 0.1) is 5.92 Å². The van der Waals surface area contributed by atoms with E-state index in [4.69, 9.17) is 15.6 Å². The number of nitrogens with two attached hydrogens (primary N) is 1. The van der Waals surface area contributed by atoms with Crippen molar-refractivity contribution in [3.8, 4) is 5.75 Å². The number of benzene rings is 1. The second-order valence-electron chi connectivity index (χ2n) is 5.28. The van der Waals surface area contributed by atoms with Gasteiger partial charge in [0.1, 0.15) is 25.1 Å². The highest BCUT2D eigenvalue weighted by atomic mass is 19.1. The van der Waals surface area contributed by atoms with Crippen LogP contribution in [0.4, 0.5) is 4.39 Å². The summed E-state index contributed by atoms with van der Waals surface area (Å²) >= 11 is 0. The lowest BCUT2D eigenvalue weighted by Crippen LogP contribution is -2.31. The summed E-state index contributed by atoms with van der Waals surface area (Å²) in [5.41, 5.74) is 6.33. The van der Waals surface area contributed by atoms with Crippen LogP contribution in [-0.4, -0.2) is 41.5 Å². The van der Waals surface area contributed by atoms with Crippen molar-refractivity contribution < 1.29 is 28.9 Å². The van der Waals surface area contributed by atoms with Gasteiger partial charge >= 0.3 is 11.9 Å². The second-order valence-corrected chi connectivity index (χ2v) is 5.28. The van der Waals surface area contributed by atoms with Crippen molar-refractivity contribution >= 4 is 11.9 Å². The van der Waals surface area contributed by atoms with E-state index in [0.717, 1.165) is 5.56 Å². The number of carbonyl (C=O) groups is 2. The number of aryl methyl sites for hydroxylation is 1. The molecule has 0 fully saturated rings. The minimum absolute atomic E-state index is 0.00423. The van der Waals surface area contributed by atoms with E-state index in [2.05, 4.69) is 0 Å². The van der Waals surface area contributed by atoms with Crippen molar-refractivity contribution in [2.45, 2.75) is 31.7 Å². The Bertz CT molecular complexity index is 506. The maximum atomic E-state index is 12.0. The SMILES string of the molecule is N[C@@H](CC[C@@H](CCc1ccc(OCCF)cc1)C(=O)O)C(=O)O. The number of aliphatic carboxylic acids is 2. The fraction of sp³-hybridized carbons (Fsp3) is 0.500. The van der Waals surface area contributed by atoms with Crippen molar-refractivity contribution in [3.63, 3.8) is 0 Å². The van der Waals surface area contributed by atoms with Crippen LogP contribution in [0.25, 0.3) is 0 Å². The van der Waals surface area contributed by atoms with Gasteiger partial charge in [0.25, 0.3) is 0 Å². The molecule has 0 saturated heterocycles. The molecule has 0 spiro atoms. The van der Waals surface area contributed by atoms with E-state index >= 15 is 0 Å². The maximum Gasteiger partial charge on any atom is 0.320 e. The van der Waals surface area contributed by atoms with Crippen LogP contribution in [0.3, 0.4) is 0 Å². The van der Waals surface area contributed by atoms with Gasteiger partial charge in [-0.2, -0.15) is 0 Å². The highest BCUT2D eigenvalue weighted by Crippen LogP contribution is 2.19. The number of halogens is 1. The third kappa shape index (κ3) is 7.10. The zero-order valence-corrected chi connectivity index (χ0v) is 12.8. The van der Waals surface area contributed by atoms with Crippen LogP contribution < -0.4 is 10.5 Å². The van der Waals surface area contributed by atoms with Gasteiger partial charge in [0.15, 0.2) is 0 Å². The van der Waals surface area contributed by atoms with E-state index < -0.39 is 30.6 Å². The Morgan fingerprint density at radius 3 is 2.26 bits per heavy atom. The first-order valence-electron chi connectivity index (χ1n) is 7.43. The van der Waals surface area contributed by atoms with Gasteiger partial charge in [-0.05, 0) is 43.4 Å². The summed E-state index contributed by atoms with van der Waals surface area (Å²) in [5, 5.41) is 17.9. The molecule has 0 heterocycles. The van der Waals surface area contributed by atoms with Gasteiger partial charge in [0.05, 0.1) is 5.92 Å². The Kier molecular flexibility index (Phi) is 8.04. The van der Waals surface area contributed by atoms with E-state index in [-0.39, 0.29) is 19.4 Å². The van der Waals surface area contributed by atoms with Crippen LogP contribution in [0.5, 0.6) is 5.75 Å². The third-order valence-corrected chi connectivity index (χ3v) is 3.54. The van der Waals surface area contributed by atoms with E-state index in [1.165, 1.54) is 0 Å². The van der Waals surface area contributed by atoms with Crippen molar-refractivity contribution in [1.82, 2.24) is 0 Å². The van der Waals surface area contributed by atoms with Crippen molar-refractivity contribution in [2.24, 2.45) is 11.7 Å². The van der Waals surface area contributed by atoms with Crippen LogP contribution in [0.1, 0.15) is 24.8 Å². The zero-order valence-electron chi connectivity index (χ0n) is 12.8. The van der Waals surface area contributed by atoms with E-state index in [0.29, 0.717) is 18.6 Å². The standard InChI is InChI=1S/C16H22FNO5/c17-9-10-23-13-6-2-11(3-7-13)1-4-12(15(19)20)5-8-14(18)16(21)22/h2-3,6-7,12,14H,1,4-5,8-10,18H2,(H,19,20)(H,21,22)/t12-,14+/m1/s1. The second kappa shape index (κ2) is 9.78. The van der Waals surface area contributed by atoms with Gasteiger partial charge in [-0.15, -0.1) is 0 Å². The van der Waals surface area contributed by atoms with Crippen molar-refractivity contribution in [1.29, 1.82) is 0 Å². The lowest BCUT2D eigenvalue weighted by Gasteiger charge is -2.14. The molecule has 0 aliphatic rings. The van der Waals surface area contributed by atoms with Gasteiger partial charge in [-0.3, -0.25) is 9.59 Å². The first-order chi connectivity index (χ1) is 10.9. The normalized spacial score (nSPS) is 13.3. The smallest absolute Gasteiger partial charge is 0.320 e. The fourth-order valence-corrected chi connectivity index (χ4v) is 2.15. The van der Waals surface area contributed by atoms with Crippen LogP contribution in [-0.2, 0) is 16.0 Å². The van der Waals surface area contributed by atoms with Gasteiger partial charge < -0.3 is 20.7 Å². The number of alkyl halides is 1. The topological polar surface area (TPSA) is 110 Å². The molecule has 0 amide bonds. The van der Waals surface area contributed by atoms with Crippen molar-refractivity contribution in [3.05, 3.63) is 29.8 Å². The Morgan fingerprint density at radius 1 is 1.09 bits per heavy atom. The average molecular weight is 327 g/mol. The number of hydrogen-bond donors (Lipinski definition) is 3. The van der Waals surface area contributed by atoms with Crippen LogP contribution >= 0.6 is 0 Å². The number of carboxylic acids is 2. The molecule has 0 aliphatic carbocycles. The maximum absolute atomic E-state index is 12.0. The highest BCUT2D eigenvalue weighted by Gasteiger charge is 2.20. The van der Waals surface area contributed by atoms with Crippen LogP contribution in [0.2, 0.25) is 0 Å². The summed E-state index contributed by atoms with van der Waals surface area (Å²) in [6.07, 6.45) is 1.29. The Balaban J connectivity index is 2.48. The number of ether oxygens (including phenoxy) is 1. The Labute approximate surface area is 134 Å². The zero-order chi connectivity index (χ0) is 17.2. The average Bonchev–Trinajstić information content (AvgIpc) is 2.53. The lowest BCUT2D eigenvalue weighted by molar-refractivity contribution is -0.143. The summed E-state index contributed by atoms with van der Waals surface area (Å²) in [6.45, 7) is -0.551. The summed E-state index contributed by atoms with van der Waals surface area (Å²) in [4.78, 5) is 21.9. The van der Waals surface area contributed by atoms with Crippen molar-refractivity contribution in [2.75, 3.05) is 13.3 Å². The first-order valence-corrected chi connectivity index (χ1v) is 7.43. The number of rotatable bonds is 11. The summed E-state index contributed by atoms with van der Waals surface area (Å²) in [7, 11) is 0. The summed E-state index contributed by atoms with van der Waals surface area (Å²) in [5.74, 6) is -2.15. The third-order valence-electron chi connectivity index (χ3n) is 3.54. The molecule has 0 radical (unpaired) electrons. The molecule has 0 aromatic heterocycles. The molecule has 128 valence electrons. The van der Waals surface area contributed by atoms with Gasteiger partial charge in [-0.25, -0.2) is 4.39 Å². The molecular formula is C16H22FNO5. The molecule has 23 heavy (non-hydrogen) atoms. The minimum atomic E-state index is -1.13. The molecule has 0 saturated carbocycles. The quantitative estimate of drug-likeness (QED) is 0.572. The first kappa shape index (κ1) is 18.9. The lowest BCUT2D eigenvalue weighted by atomic mass is 9.93. The molecule has 0 aliphatic heterocycles. The summed E-state index contributed by atoms with van der Waals surface area (Å²) < 4.78 is 17.1. The molecule has 6 nitrogen and oxygen atoms in total. The van der Waals surface area contributed by atoms with Gasteiger partial charge in [-0.1, -0.05) is 12.1 Å². The Hall–Kier alpha value is -2.15. The van der Waals surface area contributed by atoms with E-state index in [1.54, 1.807) is 24.3 Å². The summed E-state index contributed by atoms with van der Waals surface area (Å²) in [6, 6.07) is 5.98. The Morgan fingerprint density at radius 2 is 1.74 bits per heavy atom. The molecule has 4 N–H and O–H groups in total. The fourth-order valence-electron chi connectivity index (χ4n) is 2.15. The molecular weight excluding hydrogens is 305 g/mol. The molecule has 0 unspecified atom stereocenters. The monoisotopic (exact) mass is 327 g/mol. The van der Waals surface area contributed by atoms with Gasteiger partial charge in [0, 0.05) is 0 Å². The molecule has 1 rings (SSSR count). The largest absolute Gasteiger partial charge is 0.491 e. The van der Waals surface area contributed by atoms with Gasteiger partial charge in [0.2, 0.25) is 0 Å².